The third-order valence-corrected chi connectivity index (χ3v) is 2.14. The van der Waals surface area contributed by atoms with Crippen molar-refractivity contribution < 1.29 is 8.83 Å². The summed E-state index contributed by atoms with van der Waals surface area (Å²) < 4.78 is 10.6. The zero-order valence-electron chi connectivity index (χ0n) is 9.27. The monoisotopic (exact) mass is 221 g/mol. The lowest BCUT2D eigenvalue weighted by Gasteiger charge is -1.98. The summed E-state index contributed by atoms with van der Waals surface area (Å²) in [6.07, 6.45) is 3.46. The van der Waals surface area contributed by atoms with Gasteiger partial charge in [-0.3, -0.25) is 0 Å². The molecule has 5 heteroatoms. The summed E-state index contributed by atoms with van der Waals surface area (Å²) in [7, 11) is 0. The molecule has 0 fully saturated rings. The normalized spacial score (nSPS) is 10.8. The van der Waals surface area contributed by atoms with Gasteiger partial charge in [0, 0.05) is 13.0 Å². The molecule has 0 aliphatic rings. The molecule has 2 rings (SSSR count). The maximum absolute atomic E-state index is 5.45. The van der Waals surface area contributed by atoms with Crippen LogP contribution in [0.2, 0.25) is 0 Å². The van der Waals surface area contributed by atoms with Gasteiger partial charge in [-0.25, -0.2) is 0 Å². The summed E-state index contributed by atoms with van der Waals surface area (Å²) in [6.45, 7) is 4.00. The standard InChI is InChI=1S/C11H15N3O2/c1-2-6-12-7-5-10-13-14-11(16-10)9-4-3-8-15-9/h3-4,8,12H,2,5-7H2,1H3. The number of nitrogens with one attached hydrogen (secondary N) is 1. The van der Waals surface area contributed by atoms with E-state index in [2.05, 4.69) is 22.4 Å². The summed E-state index contributed by atoms with van der Waals surface area (Å²) >= 11 is 0. The molecular weight excluding hydrogens is 206 g/mol. The van der Waals surface area contributed by atoms with Crippen molar-refractivity contribution in [3.63, 3.8) is 0 Å². The third kappa shape index (κ3) is 2.70. The fraction of sp³-hybridized carbons (Fsp3) is 0.455. The van der Waals surface area contributed by atoms with Gasteiger partial charge in [-0.05, 0) is 25.1 Å². The smallest absolute Gasteiger partial charge is 0.283 e. The van der Waals surface area contributed by atoms with Crippen LogP contribution in [-0.2, 0) is 6.42 Å². The van der Waals surface area contributed by atoms with Crippen molar-refractivity contribution in [1.82, 2.24) is 15.5 Å². The van der Waals surface area contributed by atoms with Gasteiger partial charge in [0.2, 0.25) is 5.89 Å². The van der Waals surface area contributed by atoms with Crippen LogP contribution in [0.3, 0.4) is 0 Å². The summed E-state index contributed by atoms with van der Waals surface area (Å²) in [4.78, 5) is 0. The number of nitrogens with zero attached hydrogens (tertiary/aromatic N) is 2. The SMILES string of the molecule is CCCNCCc1nnc(-c2ccco2)o1. The topological polar surface area (TPSA) is 64.1 Å². The highest BCUT2D eigenvalue weighted by molar-refractivity contribution is 5.42. The van der Waals surface area contributed by atoms with Gasteiger partial charge in [-0.1, -0.05) is 6.92 Å². The van der Waals surface area contributed by atoms with Gasteiger partial charge in [0.15, 0.2) is 5.76 Å². The maximum atomic E-state index is 5.45. The van der Waals surface area contributed by atoms with Crippen LogP contribution in [0.1, 0.15) is 19.2 Å². The molecule has 0 aliphatic heterocycles. The molecule has 0 saturated carbocycles. The Labute approximate surface area is 93.9 Å². The Morgan fingerprint density at radius 1 is 1.31 bits per heavy atom. The zero-order chi connectivity index (χ0) is 11.2. The number of hydrogen-bond acceptors (Lipinski definition) is 5. The lowest BCUT2D eigenvalue weighted by Crippen LogP contribution is -2.17. The number of aromatic nitrogens is 2. The predicted molar refractivity (Wildman–Crippen MR) is 58.9 cm³/mol. The number of rotatable bonds is 6. The first-order chi connectivity index (χ1) is 7.90. The van der Waals surface area contributed by atoms with Crippen molar-refractivity contribution in [1.29, 1.82) is 0 Å². The second-order valence-electron chi connectivity index (χ2n) is 3.48. The molecular formula is C11H15N3O2. The molecule has 16 heavy (non-hydrogen) atoms. The molecule has 86 valence electrons. The Balaban J connectivity index is 1.88. The van der Waals surface area contributed by atoms with Gasteiger partial charge in [-0.15, -0.1) is 10.2 Å². The molecule has 0 spiro atoms. The van der Waals surface area contributed by atoms with E-state index >= 15 is 0 Å². The van der Waals surface area contributed by atoms with Crippen molar-refractivity contribution >= 4 is 0 Å². The minimum absolute atomic E-state index is 0.440. The molecule has 0 radical (unpaired) electrons. The van der Waals surface area contributed by atoms with Crippen molar-refractivity contribution in [3.8, 4) is 11.7 Å². The van der Waals surface area contributed by atoms with Crippen molar-refractivity contribution in [3.05, 3.63) is 24.3 Å². The van der Waals surface area contributed by atoms with Gasteiger partial charge in [0.1, 0.15) is 0 Å². The molecule has 1 N–H and O–H groups in total. The Hall–Kier alpha value is -1.62. The highest BCUT2D eigenvalue weighted by Gasteiger charge is 2.09. The molecule has 0 atom stereocenters. The van der Waals surface area contributed by atoms with Crippen molar-refractivity contribution in [2.75, 3.05) is 13.1 Å². The highest BCUT2D eigenvalue weighted by atomic mass is 16.4. The third-order valence-electron chi connectivity index (χ3n) is 2.14. The second-order valence-corrected chi connectivity index (χ2v) is 3.48. The van der Waals surface area contributed by atoms with E-state index in [9.17, 15) is 0 Å². The fourth-order valence-corrected chi connectivity index (χ4v) is 1.35. The van der Waals surface area contributed by atoms with E-state index in [0.29, 0.717) is 17.5 Å². The first-order valence-corrected chi connectivity index (χ1v) is 5.47. The van der Waals surface area contributed by atoms with E-state index in [1.807, 2.05) is 0 Å². The van der Waals surface area contributed by atoms with Crippen LogP contribution in [0, 0.1) is 0 Å². The Morgan fingerprint density at radius 2 is 2.25 bits per heavy atom. The second kappa shape index (κ2) is 5.46. The van der Waals surface area contributed by atoms with Gasteiger partial charge < -0.3 is 14.2 Å². The van der Waals surface area contributed by atoms with Crippen LogP contribution in [0.5, 0.6) is 0 Å². The van der Waals surface area contributed by atoms with Gasteiger partial charge in [0.25, 0.3) is 5.89 Å². The zero-order valence-corrected chi connectivity index (χ0v) is 9.27. The molecule has 0 amide bonds. The first kappa shape index (κ1) is 10.9. The van der Waals surface area contributed by atoms with Gasteiger partial charge >= 0.3 is 0 Å². The Kier molecular flexibility index (Phi) is 3.71. The molecule has 2 aromatic rings. The van der Waals surface area contributed by atoms with E-state index < -0.39 is 0 Å². The quantitative estimate of drug-likeness (QED) is 0.754. The van der Waals surface area contributed by atoms with E-state index in [0.717, 1.165) is 25.9 Å². The summed E-state index contributed by atoms with van der Waals surface area (Å²) in [6, 6.07) is 3.59. The van der Waals surface area contributed by atoms with E-state index in [4.69, 9.17) is 8.83 Å². The molecule has 0 aromatic carbocycles. The van der Waals surface area contributed by atoms with E-state index in [-0.39, 0.29) is 0 Å². The fourth-order valence-electron chi connectivity index (χ4n) is 1.35. The minimum Gasteiger partial charge on any atom is -0.459 e. The number of hydrogen-bond donors (Lipinski definition) is 1. The van der Waals surface area contributed by atoms with Crippen molar-refractivity contribution in [2.45, 2.75) is 19.8 Å². The molecule has 0 aliphatic carbocycles. The molecule has 0 saturated heterocycles. The average Bonchev–Trinajstić information content (AvgIpc) is 2.94. The van der Waals surface area contributed by atoms with Crippen LogP contribution in [0.15, 0.2) is 27.2 Å². The van der Waals surface area contributed by atoms with E-state index in [1.165, 1.54) is 0 Å². The predicted octanol–water partition coefficient (Wildman–Crippen LogP) is 1.87. The Morgan fingerprint density at radius 3 is 3.00 bits per heavy atom. The van der Waals surface area contributed by atoms with Crippen LogP contribution >= 0.6 is 0 Å². The molecule has 0 unspecified atom stereocenters. The largest absolute Gasteiger partial charge is 0.459 e. The summed E-state index contributed by atoms with van der Waals surface area (Å²) in [5.74, 6) is 1.69. The first-order valence-electron chi connectivity index (χ1n) is 5.47. The van der Waals surface area contributed by atoms with E-state index in [1.54, 1.807) is 18.4 Å². The van der Waals surface area contributed by atoms with Crippen molar-refractivity contribution in [2.24, 2.45) is 0 Å². The van der Waals surface area contributed by atoms with Gasteiger partial charge in [-0.2, -0.15) is 0 Å². The average molecular weight is 221 g/mol. The maximum Gasteiger partial charge on any atom is 0.283 e. The van der Waals surface area contributed by atoms with Crippen LogP contribution in [0.4, 0.5) is 0 Å². The van der Waals surface area contributed by atoms with Crippen LogP contribution in [0.25, 0.3) is 11.7 Å². The highest BCUT2D eigenvalue weighted by Crippen LogP contribution is 2.17. The van der Waals surface area contributed by atoms with Crippen LogP contribution in [-0.4, -0.2) is 23.3 Å². The Bertz CT molecular complexity index is 409. The summed E-state index contributed by atoms with van der Waals surface area (Å²) in [5.41, 5.74) is 0. The van der Waals surface area contributed by atoms with Gasteiger partial charge in [0.05, 0.1) is 6.26 Å². The summed E-state index contributed by atoms with van der Waals surface area (Å²) in [5, 5.41) is 11.1. The lowest BCUT2D eigenvalue weighted by molar-refractivity contribution is 0.473. The molecule has 2 aromatic heterocycles. The lowest BCUT2D eigenvalue weighted by atomic mass is 10.4. The number of furan rings is 1. The molecule has 2 heterocycles. The molecule has 5 nitrogen and oxygen atoms in total. The van der Waals surface area contributed by atoms with Crippen LogP contribution < -0.4 is 5.32 Å². The minimum atomic E-state index is 0.440. The molecule has 0 bridgehead atoms.